The number of nitrogens with zero attached hydrogens (tertiary/aromatic N) is 1. The van der Waals surface area contributed by atoms with Gasteiger partial charge in [-0.1, -0.05) is 0 Å². The zero-order valence-corrected chi connectivity index (χ0v) is 13.4. The van der Waals surface area contributed by atoms with Gasteiger partial charge >= 0.3 is 12.1 Å². The quantitative estimate of drug-likeness (QED) is 0.796. The number of carbonyl (C=O) groups excluding carboxylic acids is 1. The van der Waals surface area contributed by atoms with Gasteiger partial charge < -0.3 is 24.6 Å². The van der Waals surface area contributed by atoms with E-state index in [4.69, 9.17) is 9.47 Å². The predicted molar refractivity (Wildman–Crippen MR) is 77.5 cm³/mol. The van der Waals surface area contributed by atoms with Crippen molar-refractivity contribution in [1.29, 1.82) is 0 Å². The lowest BCUT2D eigenvalue weighted by atomic mass is 9.68. The highest BCUT2D eigenvalue weighted by Gasteiger charge is 2.60. The summed E-state index contributed by atoms with van der Waals surface area (Å²) in [5.41, 5.74) is -3.49. The van der Waals surface area contributed by atoms with Crippen LogP contribution in [0.5, 0.6) is 0 Å². The molecular formula is C15H25NO6. The number of hydrogen-bond donors (Lipinski definition) is 2. The first-order chi connectivity index (χ1) is 10.1. The van der Waals surface area contributed by atoms with Crippen molar-refractivity contribution in [2.24, 2.45) is 5.41 Å². The Bertz CT molecular complexity index is 451. The van der Waals surface area contributed by atoms with E-state index in [2.05, 4.69) is 0 Å². The zero-order valence-electron chi connectivity index (χ0n) is 13.4. The van der Waals surface area contributed by atoms with Gasteiger partial charge in [-0.15, -0.1) is 0 Å². The molecule has 2 fully saturated rings. The van der Waals surface area contributed by atoms with Gasteiger partial charge in [0.1, 0.15) is 16.6 Å². The van der Waals surface area contributed by atoms with E-state index < -0.39 is 28.7 Å². The summed E-state index contributed by atoms with van der Waals surface area (Å²) in [5.74, 6) is -1.09. The summed E-state index contributed by atoms with van der Waals surface area (Å²) < 4.78 is 10.6. The molecule has 0 spiro atoms. The number of ether oxygens (including phenoxy) is 2. The summed E-state index contributed by atoms with van der Waals surface area (Å²) in [7, 11) is 0. The van der Waals surface area contributed by atoms with Gasteiger partial charge in [-0.05, 0) is 40.0 Å². The van der Waals surface area contributed by atoms with Crippen molar-refractivity contribution in [2.75, 3.05) is 26.3 Å². The van der Waals surface area contributed by atoms with Crippen molar-refractivity contribution in [3.05, 3.63) is 0 Å². The van der Waals surface area contributed by atoms with Gasteiger partial charge in [-0.3, -0.25) is 4.79 Å². The Labute approximate surface area is 130 Å². The molecule has 0 radical (unpaired) electrons. The molecular weight excluding hydrogens is 290 g/mol. The Balaban J connectivity index is 2.18. The van der Waals surface area contributed by atoms with Crippen molar-refractivity contribution >= 4 is 12.1 Å². The van der Waals surface area contributed by atoms with E-state index in [1.807, 2.05) is 0 Å². The van der Waals surface area contributed by atoms with E-state index in [1.165, 1.54) is 4.90 Å². The van der Waals surface area contributed by atoms with Crippen LogP contribution in [0.1, 0.15) is 40.0 Å². The zero-order chi connectivity index (χ0) is 16.6. The molecule has 2 unspecified atom stereocenters. The second kappa shape index (κ2) is 5.70. The number of hydrogen-bond acceptors (Lipinski definition) is 5. The van der Waals surface area contributed by atoms with Crippen LogP contribution in [0.3, 0.4) is 0 Å². The number of aliphatic hydroxyl groups is 1. The summed E-state index contributed by atoms with van der Waals surface area (Å²) in [5, 5.41) is 20.6. The van der Waals surface area contributed by atoms with Gasteiger partial charge in [0, 0.05) is 19.7 Å². The first kappa shape index (κ1) is 17.0. The number of carboxylic acids is 1. The molecule has 7 heteroatoms. The Morgan fingerprint density at radius 3 is 2.45 bits per heavy atom. The second-order valence-corrected chi connectivity index (χ2v) is 7.23. The first-order valence-electron chi connectivity index (χ1n) is 7.61. The molecule has 1 amide bonds. The molecule has 2 aliphatic heterocycles. The van der Waals surface area contributed by atoms with Gasteiger partial charge in [0.15, 0.2) is 0 Å². The van der Waals surface area contributed by atoms with Crippen LogP contribution in [-0.2, 0) is 14.3 Å². The third-order valence-corrected chi connectivity index (χ3v) is 4.44. The SMILES string of the molecule is CC(C)(C)OC(=O)N1CCC(C(=O)O)(C2(O)CCCOC2)C1. The molecule has 126 valence electrons. The Kier molecular flexibility index (Phi) is 4.41. The van der Waals surface area contributed by atoms with Crippen LogP contribution in [0, 0.1) is 5.41 Å². The van der Waals surface area contributed by atoms with Crippen molar-refractivity contribution < 1.29 is 29.3 Å². The van der Waals surface area contributed by atoms with E-state index >= 15 is 0 Å². The molecule has 2 atom stereocenters. The Morgan fingerprint density at radius 1 is 1.27 bits per heavy atom. The van der Waals surface area contributed by atoms with E-state index in [9.17, 15) is 19.8 Å². The van der Waals surface area contributed by atoms with Gasteiger partial charge in [-0.2, -0.15) is 0 Å². The number of aliphatic carboxylic acids is 1. The Hall–Kier alpha value is -1.34. The fraction of sp³-hybridized carbons (Fsp3) is 0.867. The molecule has 0 aromatic rings. The minimum absolute atomic E-state index is 0.0124. The molecule has 2 aliphatic rings. The van der Waals surface area contributed by atoms with Gasteiger partial charge in [-0.25, -0.2) is 4.79 Å². The number of carbonyl (C=O) groups is 2. The molecule has 22 heavy (non-hydrogen) atoms. The number of rotatable bonds is 2. The lowest BCUT2D eigenvalue weighted by Gasteiger charge is -2.43. The molecule has 7 nitrogen and oxygen atoms in total. The summed E-state index contributed by atoms with van der Waals surface area (Å²) in [6.07, 6.45) is 0.622. The van der Waals surface area contributed by atoms with Crippen molar-refractivity contribution in [1.82, 2.24) is 4.90 Å². The molecule has 2 N–H and O–H groups in total. The van der Waals surface area contributed by atoms with E-state index in [0.29, 0.717) is 19.4 Å². The fourth-order valence-corrected chi connectivity index (χ4v) is 3.20. The lowest BCUT2D eigenvalue weighted by Crippen LogP contribution is -2.59. The lowest BCUT2D eigenvalue weighted by molar-refractivity contribution is -0.188. The maximum atomic E-state index is 12.2. The predicted octanol–water partition coefficient (Wildman–Crippen LogP) is 1.24. The average Bonchev–Trinajstić information content (AvgIpc) is 2.84. The summed E-state index contributed by atoms with van der Waals surface area (Å²) >= 11 is 0. The van der Waals surface area contributed by atoms with Crippen LogP contribution in [0.2, 0.25) is 0 Å². The highest BCUT2D eigenvalue weighted by Crippen LogP contribution is 2.45. The van der Waals surface area contributed by atoms with Crippen LogP contribution in [0.25, 0.3) is 0 Å². The van der Waals surface area contributed by atoms with E-state index in [0.717, 1.165) is 0 Å². The molecule has 2 saturated heterocycles. The van der Waals surface area contributed by atoms with Crippen molar-refractivity contribution in [2.45, 2.75) is 51.2 Å². The van der Waals surface area contributed by atoms with Gasteiger partial charge in [0.25, 0.3) is 0 Å². The maximum absolute atomic E-state index is 12.2. The maximum Gasteiger partial charge on any atom is 0.410 e. The normalized spacial score (nSPS) is 32.8. The van der Waals surface area contributed by atoms with Crippen LogP contribution < -0.4 is 0 Å². The highest BCUT2D eigenvalue weighted by atomic mass is 16.6. The standard InChI is InChI=1S/C15H25NO6/c1-13(2,3)22-12(19)16-7-6-14(9-16,11(17)18)15(20)5-4-8-21-10-15/h20H,4-10H2,1-3H3,(H,17,18). The second-order valence-electron chi connectivity index (χ2n) is 7.23. The van der Waals surface area contributed by atoms with Crippen LogP contribution >= 0.6 is 0 Å². The minimum atomic E-state index is -1.45. The average molecular weight is 315 g/mol. The van der Waals surface area contributed by atoms with Gasteiger partial charge in [0.2, 0.25) is 0 Å². The van der Waals surface area contributed by atoms with E-state index in [-0.39, 0.29) is 26.1 Å². The van der Waals surface area contributed by atoms with Crippen LogP contribution in [0.4, 0.5) is 4.79 Å². The van der Waals surface area contributed by atoms with Gasteiger partial charge in [0.05, 0.1) is 6.61 Å². The van der Waals surface area contributed by atoms with Crippen LogP contribution in [-0.4, -0.2) is 64.7 Å². The molecule has 2 rings (SSSR count). The fourth-order valence-electron chi connectivity index (χ4n) is 3.20. The third kappa shape index (κ3) is 3.05. The largest absolute Gasteiger partial charge is 0.481 e. The Morgan fingerprint density at radius 2 is 1.95 bits per heavy atom. The third-order valence-electron chi connectivity index (χ3n) is 4.44. The van der Waals surface area contributed by atoms with E-state index in [1.54, 1.807) is 20.8 Å². The smallest absolute Gasteiger partial charge is 0.410 e. The summed E-state index contributed by atoms with van der Waals surface area (Å²) in [6.45, 7) is 5.98. The number of carboxylic acid groups (broad SMARTS) is 1. The monoisotopic (exact) mass is 315 g/mol. The topological polar surface area (TPSA) is 96.3 Å². The number of likely N-dealkylation sites (tertiary alicyclic amines) is 1. The summed E-state index contributed by atoms with van der Waals surface area (Å²) in [4.78, 5) is 25.4. The highest BCUT2D eigenvalue weighted by molar-refractivity contribution is 5.79. The van der Waals surface area contributed by atoms with Crippen molar-refractivity contribution in [3.63, 3.8) is 0 Å². The van der Waals surface area contributed by atoms with Crippen LogP contribution in [0.15, 0.2) is 0 Å². The molecule has 0 aliphatic carbocycles. The van der Waals surface area contributed by atoms with Crippen molar-refractivity contribution in [3.8, 4) is 0 Å². The number of amides is 1. The molecule has 0 aromatic carbocycles. The molecule has 0 saturated carbocycles. The minimum Gasteiger partial charge on any atom is -0.481 e. The summed E-state index contributed by atoms with van der Waals surface area (Å²) in [6, 6.07) is 0. The molecule has 2 heterocycles. The molecule has 0 aromatic heterocycles. The molecule has 0 bridgehead atoms. The first-order valence-corrected chi connectivity index (χ1v) is 7.61.